The Labute approximate surface area is 191 Å². The van der Waals surface area contributed by atoms with E-state index in [0.29, 0.717) is 13.0 Å². The molecular formula is C22H32ClN3O4S. The molecule has 0 saturated carbocycles. The summed E-state index contributed by atoms with van der Waals surface area (Å²) >= 11 is 0. The SMILES string of the molecule is CC(C)[C@H]1C(=O)N(S(C)(=O)=O)[C@H]2CCN(C(=O)C=Cc3ccc(CN(C)C)cc3)[C@H]12.Cl. The molecule has 7 nitrogen and oxygen atoms in total. The molecule has 2 saturated heterocycles. The molecule has 2 aliphatic rings. The Morgan fingerprint density at radius 1 is 1.23 bits per heavy atom. The molecule has 3 atom stereocenters. The van der Waals surface area contributed by atoms with Gasteiger partial charge in [0.25, 0.3) is 0 Å². The largest absolute Gasteiger partial charge is 0.333 e. The molecule has 2 fully saturated rings. The third-order valence-corrected chi connectivity index (χ3v) is 7.01. The Morgan fingerprint density at radius 2 is 1.84 bits per heavy atom. The number of hydrogen-bond donors (Lipinski definition) is 0. The first-order valence-electron chi connectivity index (χ1n) is 10.3. The quantitative estimate of drug-likeness (QED) is 0.597. The number of fused-ring (bicyclic) bond motifs is 1. The van der Waals surface area contributed by atoms with E-state index in [1.54, 1.807) is 11.0 Å². The highest BCUT2D eigenvalue weighted by molar-refractivity contribution is 7.88. The first-order chi connectivity index (χ1) is 14.0. The zero-order chi connectivity index (χ0) is 22.2. The topological polar surface area (TPSA) is 78.0 Å². The van der Waals surface area contributed by atoms with Gasteiger partial charge >= 0.3 is 0 Å². The molecule has 2 amide bonds. The number of nitrogens with zero attached hydrogens (tertiary/aromatic N) is 3. The van der Waals surface area contributed by atoms with Crippen molar-refractivity contribution in [1.29, 1.82) is 0 Å². The summed E-state index contributed by atoms with van der Waals surface area (Å²) in [6.07, 6.45) is 4.83. The van der Waals surface area contributed by atoms with Gasteiger partial charge in [-0.05, 0) is 43.6 Å². The van der Waals surface area contributed by atoms with Crippen LogP contribution >= 0.6 is 12.4 Å². The van der Waals surface area contributed by atoms with Gasteiger partial charge in [-0.25, -0.2) is 12.7 Å². The first-order valence-corrected chi connectivity index (χ1v) is 12.1. The molecule has 2 heterocycles. The van der Waals surface area contributed by atoms with Crippen molar-refractivity contribution in [3.63, 3.8) is 0 Å². The third kappa shape index (κ3) is 5.30. The lowest BCUT2D eigenvalue weighted by Crippen LogP contribution is -2.43. The van der Waals surface area contributed by atoms with Gasteiger partial charge in [-0.15, -0.1) is 12.4 Å². The highest BCUT2D eigenvalue weighted by atomic mass is 35.5. The second kappa shape index (κ2) is 9.71. The lowest BCUT2D eigenvalue weighted by atomic mass is 9.88. The minimum Gasteiger partial charge on any atom is -0.333 e. The molecule has 2 aliphatic heterocycles. The van der Waals surface area contributed by atoms with E-state index in [1.165, 1.54) is 11.6 Å². The van der Waals surface area contributed by atoms with Crippen LogP contribution in [0, 0.1) is 11.8 Å². The van der Waals surface area contributed by atoms with Crippen LogP contribution in [0.4, 0.5) is 0 Å². The van der Waals surface area contributed by atoms with Crippen molar-refractivity contribution in [2.24, 2.45) is 11.8 Å². The molecule has 0 N–H and O–H groups in total. The van der Waals surface area contributed by atoms with Crippen molar-refractivity contribution in [3.8, 4) is 0 Å². The highest BCUT2D eigenvalue weighted by Crippen LogP contribution is 2.41. The lowest BCUT2D eigenvalue weighted by Gasteiger charge is -2.28. The molecule has 1 aromatic rings. The zero-order valence-electron chi connectivity index (χ0n) is 18.7. The van der Waals surface area contributed by atoms with Crippen LogP contribution < -0.4 is 0 Å². The van der Waals surface area contributed by atoms with Crippen molar-refractivity contribution >= 4 is 40.3 Å². The summed E-state index contributed by atoms with van der Waals surface area (Å²) in [4.78, 5) is 29.6. The van der Waals surface area contributed by atoms with E-state index in [2.05, 4.69) is 4.90 Å². The number of likely N-dealkylation sites (tertiary alicyclic amines) is 1. The van der Waals surface area contributed by atoms with E-state index >= 15 is 0 Å². The van der Waals surface area contributed by atoms with Crippen LogP contribution in [0.25, 0.3) is 6.08 Å². The molecule has 9 heteroatoms. The van der Waals surface area contributed by atoms with E-state index < -0.39 is 28.0 Å². The molecule has 0 spiro atoms. The van der Waals surface area contributed by atoms with E-state index in [0.717, 1.165) is 22.7 Å². The first kappa shape index (κ1) is 25.4. The summed E-state index contributed by atoms with van der Waals surface area (Å²) in [7, 11) is 0.360. The summed E-state index contributed by atoms with van der Waals surface area (Å²) < 4.78 is 25.5. The number of carbonyl (C=O) groups is 2. The number of halogens is 1. The van der Waals surface area contributed by atoms with E-state index in [1.807, 2.05) is 52.2 Å². The Hall–Kier alpha value is -1.90. The van der Waals surface area contributed by atoms with Gasteiger partial charge in [-0.3, -0.25) is 9.59 Å². The van der Waals surface area contributed by atoms with Crippen LogP contribution in [0.2, 0.25) is 0 Å². The summed E-state index contributed by atoms with van der Waals surface area (Å²) in [5.41, 5.74) is 2.11. The lowest BCUT2D eigenvalue weighted by molar-refractivity contribution is -0.131. The number of amides is 2. The highest BCUT2D eigenvalue weighted by Gasteiger charge is 2.58. The fraction of sp³-hybridized carbons (Fsp3) is 0.545. The van der Waals surface area contributed by atoms with Crippen LogP contribution in [0.15, 0.2) is 30.3 Å². The van der Waals surface area contributed by atoms with Crippen molar-refractivity contribution in [2.75, 3.05) is 26.9 Å². The molecule has 0 aromatic heterocycles. The standard InChI is InChI=1S/C22H31N3O4S.ClH/c1-15(2)20-21-18(25(22(20)27)30(5,28)29)12-13-24(21)19(26)11-10-16-6-8-17(9-7-16)14-23(3)4;/h6-11,15,18,20-21H,12-14H2,1-5H3;1H/t18-,20+,21-;/m0./s1. The van der Waals surface area contributed by atoms with Gasteiger partial charge in [0.15, 0.2) is 0 Å². The van der Waals surface area contributed by atoms with Gasteiger partial charge < -0.3 is 9.80 Å². The summed E-state index contributed by atoms with van der Waals surface area (Å²) in [6, 6.07) is 7.12. The summed E-state index contributed by atoms with van der Waals surface area (Å²) in [5, 5.41) is 0. The van der Waals surface area contributed by atoms with Gasteiger partial charge in [0.05, 0.1) is 24.3 Å². The molecule has 0 unspecified atom stereocenters. The van der Waals surface area contributed by atoms with Crippen LogP contribution in [0.3, 0.4) is 0 Å². The fourth-order valence-corrected chi connectivity index (χ4v) is 5.82. The number of hydrogen-bond acceptors (Lipinski definition) is 5. The Bertz CT molecular complexity index is 944. The summed E-state index contributed by atoms with van der Waals surface area (Å²) in [5.74, 6) is -1.14. The smallest absolute Gasteiger partial charge is 0.246 e. The van der Waals surface area contributed by atoms with Crippen molar-refractivity contribution in [2.45, 2.75) is 38.9 Å². The average Bonchev–Trinajstić information content (AvgIpc) is 3.15. The van der Waals surface area contributed by atoms with Crippen LogP contribution in [0.1, 0.15) is 31.4 Å². The average molecular weight is 470 g/mol. The van der Waals surface area contributed by atoms with Gasteiger partial charge in [-0.1, -0.05) is 38.1 Å². The van der Waals surface area contributed by atoms with E-state index in [-0.39, 0.29) is 30.1 Å². The predicted molar refractivity (Wildman–Crippen MR) is 124 cm³/mol. The molecule has 31 heavy (non-hydrogen) atoms. The normalized spacial score (nSPS) is 23.7. The molecular weight excluding hydrogens is 438 g/mol. The Kier molecular flexibility index (Phi) is 7.94. The maximum atomic E-state index is 13.0. The second-order valence-electron chi connectivity index (χ2n) is 8.86. The minimum absolute atomic E-state index is 0. The molecule has 0 radical (unpaired) electrons. The van der Waals surface area contributed by atoms with Crippen molar-refractivity contribution in [1.82, 2.24) is 14.1 Å². The number of sulfonamides is 1. The van der Waals surface area contributed by atoms with Gasteiger partial charge in [-0.2, -0.15) is 0 Å². The van der Waals surface area contributed by atoms with Gasteiger partial charge in [0, 0.05) is 19.2 Å². The summed E-state index contributed by atoms with van der Waals surface area (Å²) in [6.45, 7) is 5.10. The fourth-order valence-electron chi connectivity index (χ4n) is 4.65. The number of rotatable bonds is 6. The van der Waals surface area contributed by atoms with Crippen molar-refractivity contribution < 1.29 is 18.0 Å². The maximum Gasteiger partial charge on any atom is 0.246 e. The molecule has 0 bridgehead atoms. The number of carbonyl (C=O) groups excluding carboxylic acids is 2. The molecule has 1 aromatic carbocycles. The van der Waals surface area contributed by atoms with E-state index in [9.17, 15) is 18.0 Å². The monoisotopic (exact) mass is 469 g/mol. The molecule has 172 valence electrons. The van der Waals surface area contributed by atoms with Crippen LogP contribution in [0.5, 0.6) is 0 Å². The maximum absolute atomic E-state index is 13.0. The van der Waals surface area contributed by atoms with Crippen LogP contribution in [-0.4, -0.2) is 73.3 Å². The molecule has 3 rings (SSSR count). The Balaban J connectivity index is 0.00000341. The Morgan fingerprint density at radius 3 is 2.35 bits per heavy atom. The van der Waals surface area contributed by atoms with Gasteiger partial charge in [0.1, 0.15) is 0 Å². The van der Waals surface area contributed by atoms with Crippen LogP contribution in [-0.2, 0) is 26.2 Å². The third-order valence-electron chi connectivity index (χ3n) is 5.85. The van der Waals surface area contributed by atoms with E-state index in [4.69, 9.17) is 0 Å². The number of benzene rings is 1. The van der Waals surface area contributed by atoms with Crippen molar-refractivity contribution in [3.05, 3.63) is 41.5 Å². The second-order valence-corrected chi connectivity index (χ2v) is 10.7. The predicted octanol–water partition coefficient (Wildman–Crippen LogP) is 2.23. The molecule has 0 aliphatic carbocycles. The minimum atomic E-state index is -3.67. The van der Waals surface area contributed by atoms with Gasteiger partial charge in [0.2, 0.25) is 21.8 Å². The zero-order valence-corrected chi connectivity index (χ0v) is 20.3.